The molecular formula is C22H23N3O3. The van der Waals surface area contributed by atoms with Crippen molar-refractivity contribution in [1.82, 2.24) is 14.5 Å². The second kappa shape index (κ2) is 7.46. The zero-order chi connectivity index (χ0) is 19.7. The molecule has 1 amide bonds. The van der Waals surface area contributed by atoms with Gasteiger partial charge in [0.1, 0.15) is 6.54 Å². The van der Waals surface area contributed by atoms with Gasteiger partial charge in [0.2, 0.25) is 5.91 Å². The highest BCUT2D eigenvalue weighted by Gasteiger charge is 2.22. The minimum absolute atomic E-state index is 0.0598. The number of hydrogen-bond donors (Lipinski definition) is 1. The molecule has 1 aliphatic rings. The van der Waals surface area contributed by atoms with Crippen LogP contribution in [0, 0.1) is 0 Å². The van der Waals surface area contributed by atoms with Crippen molar-refractivity contribution >= 4 is 16.9 Å². The summed E-state index contributed by atoms with van der Waals surface area (Å²) >= 11 is 0. The Morgan fingerprint density at radius 2 is 1.64 bits per heavy atom. The van der Waals surface area contributed by atoms with Gasteiger partial charge >= 0.3 is 11.1 Å². The predicted molar refractivity (Wildman–Crippen MR) is 108 cm³/mol. The minimum Gasteiger partial charge on any atom is -0.348 e. The molecule has 144 valence electrons. The van der Waals surface area contributed by atoms with Crippen LogP contribution >= 0.6 is 0 Å². The maximum Gasteiger partial charge on any atom is 0.317 e. The van der Waals surface area contributed by atoms with Crippen molar-refractivity contribution in [3.8, 4) is 0 Å². The van der Waals surface area contributed by atoms with E-state index in [0.717, 1.165) is 24.8 Å². The average Bonchev–Trinajstić information content (AvgIpc) is 2.72. The summed E-state index contributed by atoms with van der Waals surface area (Å²) in [5, 5.41) is 3.06. The van der Waals surface area contributed by atoms with E-state index in [0.29, 0.717) is 17.6 Å². The molecule has 0 bridgehead atoms. The Morgan fingerprint density at radius 1 is 1.00 bits per heavy atom. The highest BCUT2D eigenvalue weighted by atomic mass is 16.2. The average molecular weight is 377 g/mol. The summed E-state index contributed by atoms with van der Waals surface area (Å²) < 4.78 is 2.73. The molecular weight excluding hydrogens is 354 g/mol. The topological polar surface area (TPSA) is 73.1 Å². The standard InChI is InChI=1S/C22H23N3O3/c1-2-24-18-12-5-6-13-19(18)25(22(28)21(24)27)14-20(26)23-17-11-7-9-15-8-3-4-10-16(15)17/h3-6,8,10,12-13,17H,2,7,9,11,14H2,1H3,(H,23,26). The van der Waals surface area contributed by atoms with Crippen LogP contribution in [0.1, 0.15) is 36.9 Å². The molecule has 1 aromatic heterocycles. The number of benzene rings is 2. The maximum absolute atomic E-state index is 12.8. The van der Waals surface area contributed by atoms with Gasteiger partial charge in [-0.15, -0.1) is 0 Å². The fourth-order valence-corrected chi connectivity index (χ4v) is 4.13. The molecule has 1 aliphatic carbocycles. The zero-order valence-corrected chi connectivity index (χ0v) is 15.9. The molecule has 0 fully saturated rings. The van der Waals surface area contributed by atoms with E-state index in [9.17, 15) is 14.4 Å². The molecule has 0 saturated carbocycles. The lowest BCUT2D eigenvalue weighted by atomic mass is 9.88. The van der Waals surface area contributed by atoms with E-state index in [2.05, 4.69) is 11.4 Å². The second-order valence-electron chi connectivity index (χ2n) is 7.14. The van der Waals surface area contributed by atoms with E-state index in [1.54, 1.807) is 18.2 Å². The number of nitrogens with one attached hydrogen (secondary N) is 1. The molecule has 0 aliphatic heterocycles. The van der Waals surface area contributed by atoms with Crippen LogP contribution in [-0.4, -0.2) is 15.0 Å². The van der Waals surface area contributed by atoms with Crippen molar-refractivity contribution in [3.63, 3.8) is 0 Å². The Labute approximate surface area is 162 Å². The number of aryl methyl sites for hydroxylation is 2. The maximum atomic E-state index is 12.8. The van der Waals surface area contributed by atoms with E-state index in [-0.39, 0.29) is 18.5 Å². The van der Waals surface area contributed by atoms with E-state index in [1.165, 1.54) is 14.7 Å². The lowest BCUT2D eigenvalue weighted by Crippen LogP contribution is -2.44. The van der Waals surface area contributed by atoms with Crippen LogP contribution < -0.4 is 16.4 Å². The van der Waals surface area contributed by atoms with Crippen LogP contribution in [0.15, 0.2) is 58.1 Å². The molecule has 28 heavy (non-hydrogen) atoms. The monoisotopic (exact) mass is 377 g/mol. The van der Waals surface area contributed by atoms with Crippen molar-refractivity contribution in [2.75, 3.05) is 0 Å². The van der Waals surface area contributed by atoms with Gasteiger partial charge in [0, 0.05) is 6.54 Å². The number of rotatable bonds is 4. The van der Waals surface area contributed by atoms with Gasteiger partial charge in [-0.3, -0.25) is 19.0 Å². The van der Waals surface area contributed by atoms with Gasteiger partial charge < -0.3 is 9.88 Å². The molecule has 1 atom stereocenters. The summed E-state index contributed by atoms with van der Waals surface area (Å²) in [6, 6.07) is 15.3. The third-order valence-electron chi connectivity index (χ3n) is 5.46. The number of carbonyl (C=O) groups is 1. The van der Waals surface area contributed by atoms with Crippen LogP contribution in [0.3, 0.4) is 0 Å². The van der Waals surface area contributed by atoms with Gasteiger partial charge in [0.25, 0.3) is 0 Å². The highest BCUT2D eigenvalue weighted by molar-refractivity contribution is 5.80. The third-order valence-corrected chi connectivity index (χ3v) is 5.46. The van der Waals surface area contributed by atoms with Gasteiger partial charge in [-0.25, -0.2) is 0 Å². The lowest BCUT2D eigenvalue weighted by molar-refractivity contribution is -0.122. The van der Waals surface area contributed by atoms with Crippen molar-refractivity contribution in [3.05, 3.63) is 80.4 Å². The van der Waals surface area contributed by atoms with Gasteiger partial charge in [0.15, 0.2) is 0 Å². The first-order chi connectivity index (χ1) is 13.6. The van der Waals surface area contributed by atoms with E-state index in [1.807, 2.05) is 31.2 Å². The molecule has 6 heteroatoms. The van der Waals surface area contributed by atoms with Gasteiger partial charge in [-0.1, -0.05) is 36.4 Å². The Bertz CT molecular complexity index is 1160. The van der Waals surface area contributed by atoms with Crippen LogP contribution in [0.5, 0.6) is 0 Å². The summed E-state index contributed by atoms with van der Waals surface area (Å²) in [6.45, 7) is 2.06. The van der Waals surface area contributed by atoms with E-state index in [4.69, 9.17) is 0 Å². The normalized spacial score (nSPS) is 16.0. The van der Waals surface area contributed by atoms with E-state index < -0.39 is 11.1 Å². The number of fused-ring (bicyclic) bond motifs is 2. The van der Waals surface area contributed by atoms with Gasteiger partial charge in [-0.2, -0.15) is 0 Å². The third kappa shape index (κ3) is 3.15. The fourth-order valence-electron chi connectivity index (χ4n) is 4.13. The van der Waals surface area contributed by atoms with Gasteiger partial charge in [-0.05, 0) is 49.4 Å². The number of aromatic nitrogens is 2. The number of nitrogens with zero attached hydrogens (tertiary/aromatic N) is 2. The van der Waals surface area contributed by atoms with Crippen molar-refractivity contribution in [2.24, 2.45) is 0 Å². The molecule has 4 rings (SSSR count). The summed E-state index contributed by atoms with van der Waals surface area (Å²) in [4.78, 5) is 37.9. The molecule has 3 aromatic rings. The van der Waals surface area contributed by atoms with Crippen LogP contribution in [0.4, 0.5) is 0 Å². The first-order valence-corrected chi connectivity index (χ1v) is 9.69. The molecule has 1 heterocycles. The van der Waals surface area contributed by atoms with Crippen molar-refractivity contribution in [1.29, 1.82) is 0 Å². The minimum atomic E-state index is -0.667. The molecule has 2 aromatic carbocycles. The molecule has 0 radical (unpaired) electrons. The Balaban J connectivity index is 1.66. The number of para-hydroxylation sites is 2. The summed E-state index contributed by atoms with van der Waals surface area (Å²) in [7, 11) is 0. The summed E-state index contributed by atoms with van der Waals surface area (Å²) in [5.74, 6) is -0.261. The van der Waals surface area contributed by atoms with E-state index >= 15 is 0 Å². The quantitative estimate of drug-likeness (QED) is 0.710. The molecule has 0 spiro atoms. The summed E-state index contributed by atoms with van der Waals surface area (Å²) in [6.07, 6.45) is 2.90. The zero-order valence-electron chi connectivity index (χ0n) is 15.9. The first-order valence-electron chi connectivity index (χ1n) is 9.69. The molecule has 1 unspecified atom stereocenters. The SMILES string of the molecule is CCn1c(=O)c(=O)n(CC(=O)NC2CCCc3ccccc32)c2ccccc21. The number of amides is 1. The summed E-state index contributed by atoms with van der Waals surface area (Å²) in [5.41, 5.74) is 2.38. The molecule has 0 saturated heterocycles. The van der Waals surface area contributed by atoms with Crippen molar-refractivity contribution < 1.29 is 4.79 Å². The van der Waals surface area contributed by atoms with Crippen LogP contribution in [0.2, 0.25) is 0 Å². The van der Waals surface area contributed by atoms with Gasteiger partial charge in [0.05, 0.1) is 17.1 Å². The Morgan fingerprint density at radius 3 is 2.39 bits per heavy atom. The smallest absolute Gasteiger partial charge is 0.317 e. The number of carbonyl (C=O) groups excluding carboxylic acids is 1. The highest BCUT2D eigenvalue weighted by Crippen LogP contribution is 2.29. The Kier molecular flexibility index (Phi) is 4.86. The van der Waals surface area contributed by atoms with Crippen LogP contribution in [-0.2, 0) is 24.3 Å². The van der Waals surface area contributed by atoms with Crippen molar-refractivity contribution in [2.45, 2.75) is 45.3 Å². The molecule has 6 nitrogen and oxygen atoms in total. The first kappa shape index (κ1) is 18.2. The fraction of sp³-hybridized carbons (Fsp3) is 0.318. The lowest BCUT2D eigenvalue weighted by Gasteiger charge is -2.26. The second-order valence-corrected chi connectivity index (χ2v) is 7.14. The van der Waals surface area contributed by atoms with Crippen LogP contribution in [0.25, 0.3) is 11.0 Å². The largest absolute Gasteiger partial charge is 0.348 e. The predicted octanol–water partition coefficient (Wildman–Crippen LogP) is 2.38. The Hall–Kier alpha value is -3.15. The number of hydrogen-bond acceptors (Lipinski definition) is 3. The molecule has 1 N–H and O–H groups in total.